The van der Waals surface area contributed by atoms with Gasteiger partial charge in [-0.15, -0.1) is 29.8 Å². The summed E-state index contributed by atoms with van der Waals surface area (Å²) in [4.78, 5) is 40.7. The number of esters is 1. The van der Waals surface area contributed by atoms with Crippen LogP contribution in [0.2, 0.25) is 0 Å². The first-order valence-electron chi connectivity index (χ1n) is 10.9. The number of allylic oxidation sites excluding steroid dienone is 5. The van der Waals surface area contributed by atoms with E-state index in [4.69, 9.17) is 27.9 Å². The highest BCUT2D eigenvalue weighted by Crippen LogP contribution is 2.39. The molecule has 0 radical (unpaired) electrons. The number of carbonyl (C=O) groups excluding carboxylic acids is 3. The Labute approximate surface area is 206 Å². The van der Waals surface area contributed by atoms with Gasteiger partial charge in [0.25, 0.3) is 0 Å². The Bertz CT molecular complexity index is 984. The van der Waals surface area contributed by atoms with E-state index in [1.54, 1.807) is 45.9 Å². The van der Waals surface area contributed by atoms with Crippen LogP contribution in [0.15, 0.2) is 59.2 Å². The van der Waals surface area contributed by atoms with Crippen molar-refractivity contribution < 1.29 is 19.1 Å². The minimum absolute atomic E-state index is 0.0465. The van der Waals surface area contributed by atoms with Crippen LogP contribution in [-0.2, 0) is 14.4 Å². The Morgan fingerprint density at radius 1 is 1.03 bits per heavy atom. The summed E-state index contributed by atoms with van der Waals surface area (Å²) >= 11 is 11.7. The van der Waals surface area contributed by atoms with Gasteiger partial charge in [0.05, 0.1) is 6.42 Å². The molecule has 0 aliphatic heterocycles. The molecule has 0 amide bonds. The molecule has 0 aromatic heterocycles. The van der Waals surface area contributed by atoms with Crippen LogP contribution in [0.4, 0.5) is 5.69 Å². The van der Waals surface area contributed by atoms with Crippen molar-refractivity contribution in [3.63, 3.8) is 0 Å². The Morgan fingerprint density at radius 2 is 1.61 bits per heavy atom. The first kappa shape index (κ1) is 26.9. The van der Waals surface area contributed by atoms with E-state index in [-0.39, 0.29) is 18.0 Å². The Hall–Kier alpha value is -2.37. The lowest BCUT2D eigenvalue weighted by Crippen LogP contribution is -2.33. The van der Waals surface area contributed by atoms with Gasteiger partial charge < -0.3 is 9.64 Å². The summed E-state index contributed by atoms with van der Waals surface area (Å²) in [6, 6.07) is 7.12. The van der Waals surface area contributed by atoms with Crippen molar-refractivity contribution in [3.05, 3.63) is 59.2 Å². The molecule has 0 saturated heterocycles. The summed E-state index contributed by atoms with van der Waals surface area (Å²) in [5, 5.41) is 0. The molecule has 0 fully saturated rings. The maximum absolute atomic E-state index is 13.1. The fourth-order valence-electron chi connectivity index (χ4n) is 4.13. The van der Waals surface area contributed by atoms with E-state index in [0.717, 1.165) is 5.69 Å². The molecule has 33 heavy (non-hydrogen) atoms. The van der Waals surface area contributed by atoms with Crippen LogP contribution in [0.5, 0.6) is 5.75 Å². The molecule has 1 aromatic carbocycles. The fraction of sp³-hybridized carbons (Fsp3) is 0.423. The van der Waals surface area contributed by atoms with Gasteiger partial charge in [0, 0.05) is 58.2 Å². The SMILES string of the molecule is C=CCC1=C(C)C(=O)C(C(C)(C)CC(=O)Oc2ccc(N(CCCl)CCCl)cc2)=C(C)C1=O. The zero-order valence-electron chi connectivity index (χ0n) is 19.7. The van der Waals surface area contributed by atoms with E-state index in [1.807, 2.05) is 17.0 Å². The number of anilines is 1. The van der Waals surface area contributed by atoms with Crippen molar-refractivity contribution in [2.75, 3.05) is 29.7 Å². The van der Waals surface area contributed by atoms with E-state index >= 15 is 0 Å². The van der Waals surface area contributed by atoms with Crippen LogP contribution < -0.4 is 9.64 Å². The second-order valence-electron chi connectivity index (χ2n) is 8.65. The topological polar surface area (TPSA) is 63.7 Å². The summed E-state index contributed by atoms with van der Waals surface area (Å²) < 4.78 is 5.53. The molecule has 0 saturated carbocycles. The number of hydrogen-bond donors (Lipinski definition) is 0. The molecule has 7 heteroatoms. The lowest BCUT2D eigenvalue weighted by molar-refractivity contribution is -0.136. The van der Waals surface area contributed by atoms with Crippen molar-refractivity contribution in [3.8, 4) is 5.75 Å². The van der Waals surface area contributed by atoms with Gasteiger partial charge in [-0.1, -0.05) is 19.9 Å². The molecule has 0 N–H and O–H groups in total. The quantitative estimate of drug-likeness (QED) is 0.131. The highest BCUT2D eigenvalue weighted by molar-refractivity contribution is 6.25. The third-order valence-electron chi connectivity index (χ3n) is 5.76. The number of carbonyl (C=O) groups is 3. The molecular formula is C26H31Cl2NO4. The first-order chi connectivity index (χ1) is 15.6. The molecule has 0 atom stereocenters. The lowest BCUT2D eigenvalue weighted by atomic mass is 9.71. The minimum atomic E-state index is -0.869. The first-order valence-corrected chi connectivity index (χ1v) is 11.9. The normalized spacial score (nSPS) is 14.6. The van der Waals surface area contributed by atoms with Crippen molar-refractivity contribution in [2.24, 2.45) is 5.41 Å². The summed E-state index contributed by atoms with van der Waals surface area (Å²) in [5.41, 5.74) is 1.68. The Morgan fingerprint density at radius 3 is 2.12 bits per heavy atom. The molecule has 1 aromatic rings. The van der Waals surface area contributed by atoms with Crippen LogP contribution >= 0.6 is 23.2 Å². The summed E-state index contributed by atoms with van der Waals surface area (Å²) in [7, 11) is 0. The maximum Gasteiger partial charge on any atom is 0.312 e. The summed E-state index contributed by atoms with van der Waals surface area (Å²) in [6.07, 6.45) is 1.91. The molecule has 1 aliphatic carbocycles. The molecule has 0 bridgehead atoms. The van der Waals surface area contributed by atoms with E-state index in [0.29, 0.717) is 59.3 Å². The van der Waals surface area contributed by atoms with E-state index in [9.17, 15) is 14.4 Å². The van der Waals surface area contributed by atoms with Gasteiger partial charge in [0.15, 0.2) is 11.6 Å². The van der Waals surface area contributed by atoms with Crippen LogP contribution in [-0.4, -0.2) is 42.4 Å². The molecule has 0 unspecified atom stereocenters. The fourth-order valence-corrected chi connectivity index (χ4v) is 4.53. The number of rotatable bonds is 11. The molecule has 5 nitrogen and oxygen atoms in total. The second-order valence-corrected chi connectivity index (χ2v) is 9.40. The van der Waals surface area contributed by atoms with Crippen LogP contribution in [0, 0.1) is 5.41 Å². The van der Waals surface area contributed by atoms with E-state index < -0.39 is 11.4 Å². The number of benzene rings is 1. The maximum atomic E-state index is 13.1. The average Bonchev–Trinajstić information content (AvgIpc) is 2.75. The summed E-state index contributed by atoms with van der Waals surface area (Å²) in [5.74, 6) is 0.496. The van der Waals surface area contributed by atoms with E-state index in [2.05, 4.69) is 6.58 Å². The lowest BCUT2D eigenvalue weighted by Gasteiger charge is -2.31. The van der Waals surface area contributed by atoms with Gasteiger partial charge in [-0.05, 0) is 44.5 Å². The minimum Gasteiger partial charge on any atom is -0.427 e. The molecular weight excluding hydrogens is 461 g/mol. The largest absolute Gasteiger partial charge is 0.427 e. The van der Waals surface area contributed by atoms with Gasteiger partial charge in [0.1, 0.15) is 5.75 Å². The van der Waals surface area contributed by atoms with Gasteiger partial charge in [0.2, 0.25) is 0 Å². The Balaban J connectivity index is 2.15. The number of hydrogen-bond acceptors (Lipinski definition) is 5. The van der Waals surface area contributed by atoms with Crippen molar-refractivity contribution in [1.29, 1.82) is 0 Å². The predicted octanol–water partition coefficient (Wildman–Crippen LogP) is 5.65. The zero-order valence-corrected chi connectivity index (χ0v) is 21.2. The molecule has 178 valence electrons. The van der Waals surface area contributed by atoms with Crippen molar-refractivity contribution in [2.45, 2.75) is 40.5 Å². The summed E-state index contributed by atoms with van der Waals surface area (Å²) in [6.45, 7) is 11.8. The molecule has 1 aliphatic rings. The number of alkyl halides is 2. The monoisotopic (exact) mass is 491 g/mol. The Kier molecular flexibility index (Phi) is 9.50. The van der Waals surface area contributed by atoms with Gasteiger partial charge in [-0.3, -0.25) is 14.4 Å². The molecule has 0 spiro atoms. The van der Waals surface area contributed by atoms with Gasteiger partial charge in [-0.25, -0.2) is 0 Å². The standard InChI is InChI=1S/C26H31Cl2NO4/c1-6-7-21-17(2)25(32)23(18(3)24(21)31)26(4,5)16-22(30)33-20-10-8-19(9-11-20)29(14-12-27)15-13-28/h6,8-11H,1,7,12-16H2,2-5H3. The number of ketones is 2. The van der Waals surface area contributed by atoms with Gasteiger partial charge >= 0.3 is 5.97 Å². The second kappa shape index (κ2) is 11.7. The van der Waals surface area contributed by atoms with Crippen LogP contribution in [0.1, 0.15) is 40.5 Å². The molecule has 0 heterocycles. The van der Waals surface area contributed by atoms with E-state index in [1.165, 1.54) is 0 Å². The predicted molar refractivity (Wildman–Crippen MR) is 134 cm³/mol. The zero-order chi connectivity index (χ0) is 24.8. The smallest absolute Gasteiger partial charge is 0.312 e. The van der Waals surface area contributed by atoms with Crippen LogP contribution in [0.25, 0.3) is 0 Å². The highest BCUT2D eigenvalue weighted by atomic mass is 35.5. The number of Topliss-reactive ketones (excluding diaryl/α,β-unsaturated/α-hetero) is 2. The molecule has 2 rings (SSSR count). The number of halogens is 2. The average molecular weight is 492 g/mol. The third kappa shape index (κ3) is 6.36. The number of nitrogens with zero attached hydrogens (tertiary/aromatic N) is 1. The number of ether oxygens (including phenoxy) is 1. The van der Waals surface area contributed by atoms with Crippen molar-refractivity contribution >= 4 is 46.4 Å². The highest BCUT2D eigenvalue weighted by Gasteiger charge is 2.39. The third-order valence-corrected chi connectivity index (χ3v) is 6.10. The van der Waals surface area contributed by atoms with Gasteiger partial charge in [-0.2, -0.15) is 0 Å². The van der Waals surface area contributed by atoms with Crippen molar-refractivity contribution in [1.82, 2.24) is 0 Å². The van der Waals surface area contributed by atoms with Crippen LogP contribution in [0.3, 0.4) is 0 Å².